The molecule has 2 aromatic rings. The van der Waals surface area contributed by atoms with Gasteiger partial charge in [0.05, 0.1) is 6.07 Å². The van der Waals surface area contributed by atoms with Gasteiger partial charge in [-0.3, -0.25) is 14.9 Å². The third-order valence-corrected chi connectivity index (χ3v) is 3.11. The molecule has 8 heteroatoms. The van der Waals surface area contributed by atoms with E-state index in [1.807, 2.05) is 6.92 Å². The molecule has 0 atom stereocenters. The summed E-state index contributed by atoms with van der Waals surface area (Å²) >= 11 is 3.29. The quantitative estimate of drug-likeness (QED) is 0.691. The van der Waals surface area contributed by atoms with Crippen LogP contribution in [0.3, 0.4) is 0 Å². The van der Waals surface area contributed by atoms with E-state index in [1.54, 1.807) is 12.3 Å². The second-order valence-corrected chi connectivity index (χ2v) is 4.52. The van der Waals surface area contributed by atoms with Gasteiger partial charge in [-0.25, -0.2) is 4.98 Å². The van der Waals surface area contributed by atoms with Crippen LogP contribution in [0.1, 0.15) is 16.1 Å². The Hall–Kier alpha value is -2.22. The topological polar surface area (TPSA) is 98.3 Å². The van der Waals surface area contributed by atoms with Crippen molar-refractivity contribution >= 4 is 33.5 Å². The molecule has 0 aliphatic heterocycles. The van der Waals surface area contributed by atoms with Gasteiger partial charge in [-0.1, -0.05) is 0 Å². The Bertz CT molecular complexity index is 653. The fourth-order valence-electron chi connectivity index (χ4n) is 1.33. The number of aryl methyl sites for hydroxylation is 1. The van der Waals surface area contributed by atoms with Crippen LogP contribution in [0.5, 0.6) is 0 Å². The van der Waals surface area contributed by atoms with Crippen LogP contribution in [0.4, 0.5) is 11.7 Å². The maximum atomic E-state index is 11.8. The van der Waals surface area contributed by atoms with Crippen LogP contribution in [0.25, 0.3) is 0 Å². The van der Waals surface area contributed by atoms with Crippen molar-refractivity contribution in [2.24, 2.45) is 0 Å². The van der Waals surface area contributed by atoms with Gasteiger partial charge in [0.25, 0.3) is 5.91 Å². The number of pyridine rings is 1. The molecule has 7 nitrogen and oxygen atoms in total. The number of amides is 1. The van der Waals surface area contributed by atoms with Crippen LogP contribution in [0, 0.1) is 17.0 Å². The van der Waals surface area contributed by atoms with Gasteiger partial charge in [-0.15, -0.1) is 0 Å². The van der Waals surface area contributed by atoms with Gasteiger partial charge in [0.1, 0.15) is 10.7 Å². The third-order valence-electron chi connectivity index (χ3n) is 2.28. The number of nitrogens with zero attached hydrogens (tertiary/aromatic N) is 2. The van der Waals surface area contributed by atoms with Crippen LogP contribution < -0.4 is 5.32 Å². The van der Waals surface area contributed by atoms with Gasteiger partial charge in [-0.2, -0.15) is 0 Å². The molecule has 0 radical (unpaired) electrons. The smallest absolute Gasteiger partial charge is 0.395 e. The summed E-state index contributed by atoms with van der Waals surface area (Å²) in [6, 6.07) is 4.02. The number of furan rings is 1. The first-order chi connectivity index (χ1) is 8.97. The molecule has 2 rings (SSSR count). The maximum Gasteiger partial charge on any atom is 0.433 e. The molecule has 98 valence electrons. The zero-order chi connectivity index (χ0) is 14.0. The van der Waals surface area contributed by atoms with Crippen molar-refractivity contribution in [1.82, 2.24) is 4.98 Å². The largest absolute Gasteiger partial charge is 0.433 e. The van der Waals surface area contributed by atoms with Crippen LogP contribution in [0.15, 0.2) is 33.3 Å². The molecule has 0 fully saturated rings. The van der Waals surface area contributed by atoms with E-state index in [9.17, 15) is 14.9 Å². The molecule has 0 aromatic carbocycles. The third kappa shape index (κ3) is 2.97. The van der Waals surface area contributed by atoms with E-state index >= 15 is 0 Å². The van der Waals surface area contributed by atoms with Gasteiger partial charge >= 0.3 is 5.88 Å². The highest BCUT2D eigenvalue weighted by molar-refractivity contribution is 9.10. The number of nitro groups is 1. The molecule has 19 heavy (non-hydrogen) atoms. The van der Waals surface area contributed by atoms with E-state index in [1.165, 1.54) is 6.07 Å². The minimum Gasteiger partial charge on any atom is -0.395 e. The molecule has 2 heterocycles. The van der Waals surface area contributed by atoms with Gasteiger partial charge in [-0.05, 0) is 40.5 Å². The molecule has 0 saturated carbocycles. The normalized spacial score (nSPS) is 10.2. The van der Waals surface area contributed by atoms with Crippen molar-refractivity contribution < 1.29 is 14.1 Å². The van der Waals surface area contributed by atoms with Crippen LogP contribution in [-0.2, 0) is 0 Å². The number of halogens is 1. The second-order valence-electron chi connectivity index (χ2n) is 3.67. The first kappa shape index (κ1) is 13.2. The molecule has 2 aromatic heterocycles. The van der Waals surface area contributed by atoms with Gasteiger partial charge in [0.2, 0.25) is 0 Å². The van der Waals surface area contributed by atoms with E-state index in [0.29, 0.717) is 5.82 Å². The Labute approximate surface area is 115 Å². The fraction of sp³-hybridized carbons (Fsp3) is 0.0909. The lowest BCUT2D eigenvalue weighted by Crippen LogP contribution is -2.12. The summed E-state index contributed by atoms with van der Waals surface area (Å²) in [5, 5.41) is 12.9. The summed E-state index contributed by atoms with van der Waals surface area (Å²) in [6.45, 7) is 1.85. The first-order valence-corrected chi connectivity index (χ1v) is 5.94. The zero-order valence-electron chi connectivity index (χ0n) is 9.71. The summed E-state index contributed by atoms with van der Waals surface area (Å²) in [7, 11) is 0. The minimum absolute atomic E-state index is 0.144. The predicted octanol–water partition coefficient (Wildman–Crippen LogP) is 2.91. The van der Waals surface area contributed by atoms with Crippen molar-refractivity contribution in [3.8, 4) is 0 Å². The predicted molar refractivity (Wildman–Crippen MR) is 70.0 cm³/mol. The SMILES string of the molecule is Cc1cc(NC(=O)c2ccc([N+](=O)[O-])o2)ncc1Br. The van der Waals surface area contributed by atoms with Crippen LogP contribution in [-0.4, -0.2) is 15.8 Å². The average Bonchev–Trinajstić information content (AvgIpc) is 2.83. The lowest BCUT2D eigenvalue weighted by atomic mass is 10.3. The standard InChI is InChI=1S/C11H8BrN3O4/c1-6-4-9(13-5-7(6)12)14-11(16)8-2-3-10(19-8)15(17)18/h2-5H,1H3,(H,13,14,16). The maximum absolute atomic E-state index is 11.8. The molecular weight excluding hydrogens is 318 g/mol. The molecule has 1 amide bonds. The van der Waals surface area contributed by atoms with Gasteiger partial charge < -0.3 is 9.73 Å². The summed E-state index contributed by atoms with van der Waals surface area (Å²) in [5.74, 6) is -0.883. The van der Waals surface area contributed by atoms with Crippen molar-refractivity contribution in [1.29, 1.82) is 0 Å². The fourth-order valence-corrected chi connectivity index (χ4v) is 1.55. The number of carbonyl (C=O) groups excluding carboxylic acids is 1. The van der Waals surface area contributed by atoms with E-state index in [2.05, 4.69) is 26.2 Å². The zero-order valence-corrected chi connectivity index (χ0v) is 11.3. The summed E-state index contributed by atoms with van der Waals surface area (Å²) in [6.07, 6.45) is 1.55. The number of carbonyl (C=O) groups is 1. The summed E-state index contributed by atoms with van der Waals surface area (Å²) in [4.78, 5) is 25.5. The molecule has 0 spiro atoms. The van der Waals surface area contributed by atoms with Crippen LogP contribution in [0.2, 0.25) is 0 Å². The molecule has 0 unspecified atom stereocenters. The van der Waals surface area contributed by atoms with Gasteiger partial charge in [0.15, 0.2) is 5.76 Å². The number of rotatable bonds is 3. The molecule has 0 saturated heterocycles. The van der Waals surface area contributed by atoms with Crippen molar-refractivity contribution in [3.63, 3.8) is 0 Å². The Morgan fingerprint density at radius 2 is 2.26 bits per heavy atom. The van der Waals surface area contributed by atoms with E-state index in [0.717, 1.165) is 16.1 Å². The highest BCUT2D eigenvalue weighted by atomic mass is 79.9. The first-order valence-electron chi connectivity index (χ1n) is 5.15. The highest BCUT2D eigenvalue weighted by Gasteiger charge is 2.17. The molecule has 0 aliphatic rings. The Morgan fingerprint density at radius 1 is 1.53 bits per heavy atom. The summed E-state index contributed by atoms with van der Waals surface area (Å²) < 4.78 is 5.60. The number of aromatic nitrogens is 1. The number of anilines is 1. The second kappa shape index (κ2) is 5.19. The minimum atomic E-state index is -0.710. The van der Waals surface area contributed by atoms with E-state index in [4.69, 9.17) is 4.42 Å². The van der Waals surface area contributed by atoms with E-state index in [-0.39, 0.29) is 5.76 Å². The van der Waals surface area contributed by atoms with Crippen LogP contribution >= 0.6 is 15.9 Å². The number of hydrogen-bond acceptors (Lipinski definition) is 5. The van der Waals surface area contributed by atoms with Crippen molar-refractivity contribution in [2.45, 2.75) is 6.92 Å². The highest BCUT2D eigenvalue weighted by Crippen LogP contribution is 2.19. The number of nitrogens with one attached hydrogen (secondary N) is 1. The number of hydrogen-bond donors (Lipinski definition) is 1. The summed E-state index contributed by atoms with van der Waals surface area (Å²) in [5.41, 5.74) is 0.899. The monoisotopic (exact) mass is 325 g/mol. The molecule has 1 N–H and O–H groups in total. The van der Waals surface area contributed by atoms with Crippen molar-refractivity contribution in [2.75, 3.05) is 5.32 Å². The lowest BCUT2D eigenvalue weighted by Gasteiger charge is -2.04. The van der Waals surface area contributed by atoms with E-state index < -0.39 is 16.7 Å². The average molecular weight is 326 g/mol. The Balaban J connectivity index is 2.15. The molecule has 0 bridgehead atoms. The Morgan fingerprint density at radius 3 is 2.84 bits per heavy atom. The Kier molecular flexibility index (Phi) is 3.61. The van der Waals surface area contributed by atoms with Gasteiger partial charge in [0, 0.05) is 10.7 Å². The molecule has 0 aliphatic carbocycles. The molecular formula is C11H8BrN3O4. The lowest BCUT2D eigenvalue weighted by molar-refractivity contribution is -0.402. The van der Waals surface area contributed by atoms with Crippen molar-refractivity contribution in [3.05, 3.63) is 50.3 Å².